The van der Waals surface area contributed by atoms with Gasteiger partial charge in [-0.3, -0.25) is 0 Å². The molecule has 0 atom stereocenters. The van der Waals surface area contributed by atoms with E-state index in [1.807, 2.05) is 0 Å². The predicted octanol–water partition coefficient (Wildman–Crippen LogP) is 13.8. The standard InChI is InChI=1S/C51H42N2Si/c1-54(2,3)50-23-13-21-48-47-20-10-11-22-49(47)53(51(48)50)46-19-12-18-42(36-46)41-28-34-45(35-29-41)52(43-30-24-39(25-31-43)37-14-6-4-7-15-37)44-32-26-40(27-33-44)38-16-8-5-9-17-38/h4-36H,1-3H3. The fraction of sp³-hybridized carbons (Fsp3) is 0.0588. The second kappa shape index (κ2) is 13.9. The highest BCUT2D eigenvalue weighted by atomic mass is 28.3. The van der Waals surface area contributed by atoms with E-state index in [1.54, 1.807) is 0 Å². The number of benzene rings is 8. The first-order valence-corrected chi connectivity index (χ1v) is 22.3. The maximum Gasteiger partial charge on any atom is 0.0803 e. The molecule has 0 spiro atoms. The Balaban J connectivity index is 1.11. The van der Waals surface area contributed by atoms with E-state index in [-0.39, 0.29) is 0 Å². The summed E-state index contributed by atoms with van der Waals surface area (Å²) in [6.45, 7) is 7.33. The van der Waals surface area contributed by atoms with Crippen molar-refractivity contribution >= 4 is 52.1 Å². The molecule has 0 aliphatic heterocycles. The number of rotatable bonds is 8. The van der Waals surface area contributed by atoms with Crippen LogP contribution < -0.4 is 10.1 Å². The molecule has 260 valence electrons. The van der Waals surface area contributed by atoms with Crippen molar-refractivity contribution < 1.29 is 0 Å². The minimum Gasteiger partial charge on any atom is -0.311 e. The van der Waals surface area contributed by atoms with Gasteiger partial charge in [-0.05, 0) is 93.2 Å². The molecule has 1 heterocycles. The van der Waals surface area contributed by atoms with Gasteiger partial charge in [-0.2, -0.15) is 0 Å². The third kappa shape index (κ3) is 6.23. The van der Waals surface area contributed by atoms with E-state index in [9.17, 15) is 0 Å². The van der Waals surface area contributed by atoms with E-state index in [2.05, 4.69) is 229 Å². The average molecular weight is 711 g/mol. The first kappa shape index (κ1) is 33.4. The molecule has 0 aliphatic carbocycles. The van der Waals surface area contributed by atoms with E-state index in [0.29, 0.717) is 0 Å². The Bertz CT molecular complexity index is 2620. The number of fused-ring (bicyclic) bond motifs is 3. The lowest BCUT2D eigenvalue weighted by molar-refractivity contribution is 1.18. The molecular weight excluding hydrogens is 669 g/mol. The molecule has 0 bridgehead atoms. The molecule has 9 aromatic rings. The smallest absolute Gasteiger partial charge is 0.0803 e. The molecule has 54 heavy (non-hydrogen) atoms. The highest BCUT2D eigenvalue weighted by molar-refractivity contribution is 6.90. The van der Waals surface area contributed by atoms with Gasteiger partial charge in [0.1, 0.15) is 0 Å². The molecule has 0 radical (unpaired) electrons. The number of nitrogens with zero attached hydrogens (tertiary/aromatic N) is 2. The lowest BCUT2D eigenvalue weighted by Gasteiger charge is -2.26. The van der Waals surface area contributed by atoms with Crippen molar-refractivity contribution in [3.63, 3.8) is 0 Å². The molecule has 9 rings (SSSR count). The van der Waals surface area contributed by atoms with Crippen LogP contribution in [0.15, 0.2) is 200 Å². The van der Waals surface area contributed by atoms with E-state index < -0.39 is 8.07 Å². The average Bonchev–Trinajstić information content (AvgIpc) is 3.57. The summed E-state index contributed by atoms with van der Waals surface area (Å²) in [6, 6.07) is 72.7. The van der Waals surface area contributed by atoms with Crippen LogP contribution in [0, 0.1) is 0 Å². The molecule has 1 aromatic heterocycles. The molecule has 0 fully saturated rings. The van der Waals surface area contributed by atoms with Crippen LogP contribution in [-0.4, -0.2) is 12.6 Å². The Morgan fingerprint density at radius 3 is 1.33 bits per heavy atom. The van der Waals surface area contributed by atoms with Gasteiger partial charge in [0.05, 0.1) is 19.1 Å². The molecule has 0 unspecified atom stereocenters. The molecule has 0 saturated heterocycles. The Kier molecular flexibility index (Phi) is 8.57. The summed E-state index contributed by atoms with van der Waals surface area (Å²) in [7, 11) is -1.64. The van der Waals surface area contributed by atoms with Crippen LogP contribution >= 0.6 is 0 Å². The quantitative estimate of drug-likeness (QED) is 0.143. The number of para-hydroxylation sites is 2. The highest BCUT2D eigenvalue weighted by Crippen LogP contribution is 2.39. The van der Waals surface area contributed by atoms with Crippen LogP contribution in [0.4, 0.5) is 17.1 Å². The van der Waals surface area contributed by atoms with E-state index in [4.69, 9.17) is 0 Å². The van der Waals surface area contributed by atoms with Crippen LogP contribution in [0.5, 0.6) is 0 Å². The first-order valence-electron chi connectivity index (χ1n) is 18.8. The van der Waals surface area contributed by atoms with Gasteiger partial charge in [-0.1, -0.05) is 165 Å². The van der Waals surface area contributed by atoms with Crippen LogP contribution in [-0.2, 0) is 0 Å². The number of hydrogen-bond acceptors (Lipinski definition) is 1. The van der Waals surface area contributed by atoms with Gasteiger partial charge < -0.3 is 9.47 Å². The third-order valence-electron chi connectivity index (χ3n) is 10.5. The Labute approximate surface area is 319 Å². The SMILES string of the molecule is C[Si](C)(C)c1cccc2c3ccccc3n(-c3cccc(-c4ccc(N(c5ccc(-c6ccccc6)cc5)c5ccc(-c6ccccc6)cc5)cc4)c3)c12. The largest absolute Gasteiger partial charge is 0.311 e. The lowest BCUT2D eigenvalue weighted by atomic mass is 10.0. The fourth-order valence-corrected chi connectivity index (χ4v) is 9.39. The van der Waals surface area contributed by atoms with Gasteiger partial charge in [0.25, 0.3) is 0 Å². The summed E-state index contributed by atoms with van der Waals surface area (Å²) >= 11 is 0. The molecular formula is C51H42N2Si. The summed E-state index contributed by atoms with van der Waals surface area (Å²) in [4.78, 5) is 2.35. The molecule has 3 heteroatoms. The van der Waals surface area contributed by atoms with Crippen molar-refractivity contribution in [1.82, 2.24) is 4.57 Å². The minimum atomic E-state index is -1.64. The minimum absolute atomic E-state index is 1.11. The van der Waals surface area contributed by atoms with E-state index in [0.717, 1.165) is 17.1 Å². The summed E-state index contributed by atoms with van der Waals surface area (Å²) in [5, 5.41) is 4.12. The molecule has 0 saturated carbocycles. The zero-order valence-electron chi connectivity index (χ0n) is 30.9. The Hall–Kier alpha value is -6.42. The first-order chi connectivity index (χ1) is 26.4. The van der Waals surface area contributed by atoms with Gasteiger partial charge in [-0.15, -0.1) is 0 Å². The van der Waals surface area contributed by atoms with Crippen molar-refractivity contribution in [3.05, 3.63) is 200 Å². The van der Waals surface area contributed by atoms with Gasteiger partial charge >= 0.3 is 0 Å². The summed E-state index contributed by atoms with van der Waals surface area (Å²) in [5.74, 6) is 0. The van der Waals surface area contributed by atoms with Crippen molar-refractivity contribution in [2.24, 2.45) is 0 Å². The third-order valence-corrected chi connectivity index (χ3v) is 12.6. The van der Waals surface area contributed by atoms with Crippen molar-refractivity contribution in [2.45, 2.75) is 19.6 Å². The normalized spacial score (nSPS) is 11.6. The van der Waals surface area contributed by atoms with Gasteiger partial charge in [-0.25, -0.2) is 0 Å². The van der Waals surface area contributed by atoms with Crippen LogP contribution in [0.3, 0.4) is 0 Å². The van der Waals surface area contributed by atoms with E-state index >= 15 is 0 Å². The topological polar surface area (TPSA) is 8.17 Å². The molecule has 0 amide bonds. The maximum atomic E-state index is 2.50. The summed E-state index contributed by atoms with van der Waals surface area (Å²) in [6.07, 6.45) is 0. The summed E-state index contributed by atoms with van der Waals surface area (Å²) in [5.41, 5.74) is 14.3. The predicted molar refractivity (Wildman–Crippen MR) is 235 cm³/mol. The van der Waals surface area contributed by atoms with Gasteiger partial charge in [0, 0.05) is 33.5 Å². The lowest BCUT2D eigenvalue weighted by Crippen LogP contribution is -2.38. The zero-order chi connectivity index (χ0) is 36.6. The highest BCUT2D eigenvalue weighted by Gasteiger charge is 2.24. The second-order valence-electron chi connectivity index (χ2n) is 15.1. The Morgan fingerprint density at radius 1 is 0.370 bits per heavy atom. The summed E-state index contributed by atoms with van der Waals surface area (Å²) < 4.78 is 2.50. The monoisotopic (exact) mass is 710 g/mol. The number of anilines is 3. The van der Waals surface area contributed by atoms with Crippen LogP contribution in [0.1, 0.15) is 0 Å². The maximum absolute atomic E-state index is 2.50. The Morgan fingerprint density at radius 2 is 0.796 bits per heavy atom. The van der Waals surface area contributed by atoms with Crippen LogP contribution in [0.25, 0.3) is 60.9 Å². The van der Waals surface area contributed by atoms with Crippen molar-refractivity contribution in [1.29, 1.82) is 0 Å². The molecule has 0 N–H and O–H groups in total. The number of aromatic nitrogens is 1. The molecule has 8 aromatic carbocycles. The number of hydrogen-bond donors (Lipinski definition) is 0. The molecule has 0 aliphatic rings. The molecule has 2 nitrogen and oxygen atoms in total. The fourth-order valence-electron chi connectivity index (χ4n) is 7.83. The van der Waals surface area contributed by atoms with Gasteiger partial charge in [0.15, 0.2) is 0 Å². The van der Waals surface area contributed by atoms with Gasteiger partial charge in [0.2, 0.25) is 0 Å². The van der Waals surface area contributed by atoms with Crippen molar-refractivity contribution in [2.75, 3.05) is 4.90 Å². The zero-order valence-corrected chi connectivity index (χ0v) is 31.9. The second-order valence-corrected chi connectivity index (χ2v) is 20.1. The van der Waals surface area contributed by atoms with E-state index in [1.165, 1.54) is 66.1 Å². The van der Waals surface area contributed by atoms with Crippen LogP contribution in [0.2, 0.25) is 19.6 Å². The van der Waals surface area contributed by atoms with Crippen molar-refractivity contribution in [3.8, 4) is 39.1 Å².